The van der Waals surface area contributed by atoms with Crippen molar-refractivity contribution < 1.29 is 18.7 Å². The smallest absolute Gasteiger partial charge is 0.321 e. The highest BCUT2D eigenvalue weighted by molar-refractivity contribution is 7.99. The Morgan fingerprint density at radius 3 is 2.59 bits per heavy atom. The van der Waals surface area contributed by atoms with Gasteiger partial charge in [-0.3, -0.25) is 14.7 Å². The number of urea groups is 1. The van der Waals surface area contributed by atoms with Crippen molar-refractivity contribution in [2.45, 2.75) is 31.0 Å². The molecule has 1 fully saturated rings. The molecule has 8 nitrogen and oxygen atoms in total. The van der Waals surface area contributed by atoms with Gasteiger partial charge in [-0.25, -0.2) is 9.18 Å². The van der Waals surface area contributed by atoms with Crippen LogP contribution in [0.1, 0.15) is 19.8 Å². The maximum atomic E-state index is 14.7. The molecule has 2 aromatic carbocycles. The minimum absolute atomic E-state index is 0.0754. The van der Waals surface area contributed by atoms with Crippen LogP contribution in [-0.4, -0.2) is 45.1 Å². The molecule has 32 heavy (non-hydrogen) atoms. The highest BCUT2D eigenvalue weighted by Gasteiger charge is 2.24. The number of ether oxygens (including phenoxy) is 1. The summed E-state index contributed by atoms with van der Waals surface area (Å²) in [5.74, 6) is 0.137. The normalized spacial score (nSPS) is 12.9. The summed E-state index contributed by atoms with van der Waals surface area (Å²) in [4.78, 5) is 23.9. The first kappa shape index (κ1) is 21.8. The molecule has 2 N–H and O–H groups in total. The molecule has 0 bridgehead atoms. The van der Waals surface area contributed by atoms with E-state index in [-0.39, 0.29) is 17.5 Å². The summed E-state index contributed by atoms with van der Waals surface area (Å²) in [6.07, 6.45) is 1.85. The predicted molar refractivity (Wildman–Crippen MR) is 118 cm³/mol. The minimum Gasteiger partial charge on any atom is -0.494 e. The molecular weight excluding hydrogens is 433 g/mol. The van der Waals surface area contributed by atoms with Gasteiger partial charge in [0.2, 0.25) is 5.91 Å². The summed E-state index contributed by atoms with van der Waals surface area (Å²) in [5.41, 5.74) is 0.972. The van der Waals surface area contributed by atoms with Crippen molar-refractivity contribution >= 4 is 23.7 Å². The summed E-state index contributed by atoms with van der Waals surface area (Å²) < 4.78 is 21.7. The number of hydrogen-bond acceptors (Lipinski definition) is 6. The molecule has 1 aromatic heterocycles. The lowest BCUT2D eigenvalue weighted by atomic mass is 10.2. The second-order valence-electron chi connectivity index (χ2n) is 7.13. The van der Waals surface area contributed by atoms with Gasteiger partial charge in [0, 0.05) is 11.6 Å². The fourth-order valence-electron chi connectivity index (χ4n) is 3.01. The number of amides is 3. The zero-order valence-electron chi connectivity index (χ0n) is 17.4. The maximum absolute atomic E-state index is 14.7. The van der Waals surface area contributed by atoms with Gasteiger partial charge < -0.3 is 10.1 Å². The Hall–Kier alpha value is -3.40. The monoisotopic (exact) mass is 455 g/mol. The molecule has 1 aliphatic rings. The van der Waals surface area contributed by atoms with Crippen LogP contribution in [0.25, 0.3) is 17.1 Å². The van der Waals surface area contributed by atoms with Gasteiger partial charge >= 0.3 is 6.03 Å². The number of carbonyl (C=O) groups is 2. The first-order valence-electron chi connectivity index (χ1n) is 10.2. The van der Waals surface area contributed by atoms with Gasteiger partial charge in [0.1, 0.15) is 11.6 Å². The molecule has 0 radical (unpaired) electrons. The third-order valence-corrected chi connectivity index (χ3v) is 5.58. The molecule has 4 rings (SSSR count). The molecule has 0 saturated heterocycles. The second-order valence-corrected chi connectivity index (χ2v) is 8.08. The van der Waals surface area contributed by atoms with E-state index in [1.165, 1.54) is 6.07 Å². The number of imide groups is 1. The Morgan fingerprint density at radius 1 is 1.16 bits per heavy atom. The quantitative estimate of drug-likeness (QED) is 0.504. The molecule has 0 unspecified atom stereocenters. The van der Waals surface area contributed by atoms with Gasteiger partial charge in [0.25, 0.3) is 0 Å². The fraction of sp³-hybridized carbons (Fsp3) is 0.273. The van der Waals surface area contributed by atoms with Crippen molar-refractivity contribution in [3.63, 3.8) is 0 Å². The highest BCUT2D eigenvalue weighted by Crippen LogP contribution is 2.30. The first-order valence-corrected chi connectivity index (χ1v) is 11.2. The zero-order chi connectivity index (χ0) is 22.5. The van der Waals surface area contributed by atoms with E-state index >= 15 is 0 Å². The Bertz CT molecular complexity index is 1120. The lowest BCUT2D eigenvalue weighted by molar-refractivity contribution is -0.117. The van der Waals surface area contributed by atoms with E-state index in [2.05, 4.69) is 20.8 Å². The summed E-state index contributed by atoms with van der Waals surface area (Å²) in [5, 5.41) is 13.7. The van der Waals surface area contributed by atoms with Gasteiger partial charge in [-0.05, 0) is 56.2 Å². The number of aromatic nitrogens is 3. The first-order chi connectivity index (χ1) is 15.5. The van der Waals surface area contributed by atoms with Crippen molar-refractivity contribution in [3.8, 4) is 22.8 Å². The topological polar surface area (TPSA) is 98.1 Å². The molecule has 0 aliphatic heterocycles. The summed E-state index contributed by atoms with van der Waals surface area (Å²) in [6, 6.07) is 13.1. The van der Waals surface area contributed by atoms with E-state index in [1.807, 2.05) is 19.1 Å². The molecule has 1 aliphatic carbocycles. The zero-order valence-corrected chi connectivity index (χ0v) is 18.2. The molecule has 166 valence electrons. The van der Waals surface area contributed by atoms with E-state index in [1.54, 1.807) is 34.9 Å². The van der Waals surface area contributed by atoms with E-state index in [4.69, 9.17) is 4.74 Å². The largest absolute Gasteiger partial charge is 0.494 e. The third kappa shape index (κ3) is 5.25. The number of hydrogen-bond donors (Lipinski definition) is 2. The minimum atomic E-state index is -0.510. The average molecular weight is 456 g/mol. The number of rotatable bonds is 8. The third-order valence-electron chi connectivity index (χ3n) is 4.65. The van der Waals surface area contributed by atoms with Crippen LogP contribution in [0, 0.1) is 5.82 Å². The Balaban J connectivity index is 1.57. The summed E-state index contributed by atoms with van der Waals surface area (Å²) >= 11 is 1.07. The molecular formula is C22H22FN5O3S. The number of thioether (sulfide) groups is 1. The summed E-state index contributed by atoms with van der Waals surface area (Å²) in [6.45, 7) is 2.45. The standard InChI is InChI=1S/C22H22FN5O3S/c1-2-31-16-11-7-14(8-12-16)20-26-27-22(28(20)18-6-4-3-5-17(18)23)32-13-19(29)25-21(30)24-15-9-10-15/h3-8,11-12,15H,2,9-10,13H2,1H3,(H2,24,25,29,30). The van der Waals surface area contributed by atoms with E-state index in [9.17, 15) is 14.0 Å². The van der Waals surface area contributed by atoms with Crippen LogP contribution in [0.4, 0.5) is 9.18 Å². The van der Waals surface area contributed by atoms with Gasteiger partial charge in [-0.15, -0.1) is 10.2 Å². The van der Waals surface area contributed by atoms with Crippen molar-refractivity contribution in [2.75, 3.05) is 12.4 Å². The van der Waals surface area contributed by atoms with Crippen molar-refractivity contribution in [3.05, 3.63) is 54.3 Å². The van der Waals surface area contributed by atoms with Crippen LogP contribution in [0.3, 0.4) is 0 Å². The van der Waals surface area contributed by atoms with E-state index < -0.39 is 17.8 Å². The fourth-order valence-corrected chi connectivity index (χ4v) is 3.75. The summed E-state index contributed by atoms with van der Waals surface area (Å²) in [7, 11) is 0. The molecule has 1 heterocycles. The van der Waals surface area contributed by atoms with Crippen molar-refractivity contribution in [2.24, 2.45) is 0 Å². The average Bonchev–Trinajstić information content (AvgIpc) is 3.49. The van der Waals surface area contributed by atoms with Crippen LogP contribution < -0.4 is 15.4 Å². The Kier molecular flexibility index (Phi) is 6.69. The van der Waals surface area contributed by atoms with Gasteiger partial charge in [-0.1, -0.05) is 23.9 Å². The number of para-hydroxylation sites is 1. The van der Waals surface area contributed by atoms with Crippen LogP contribution in [-0.2, 0) is 4.79 Å². The molecule has 3 amide bonds. The number of halogens is 1. The molecule has 3 aromatic rings. The molecule has 1 saturated carbocycles. The highest BCUT2D eigenvalue weighted by atomic mass is 32.2. The molecule has 10 heteroatoms. The van der Waals surface area contributed by atoms with Gasteiger partial charge in [0.15, 0.2) is 11.0 Å². The van der Waals surface area contributed by atoms with Crippen LogP contribution in [0.2, 0.25) is 0 Å². The number of nitrogens with one attached hydrogen (secondary N) is 2. The second kappa shape index (κ2) is 9.82. The van der Waals surface area contributed by atoms with Crippen molar-refractivity contribution in [1.29, 1.82) is 0 Å². The SMILES string of the molecule is CCOc1ccc(-c2nnc(SCC(=O)NC(=O)NC3CC3)n2-c2ccccc2F)cc1. The number of benzene rings is 2. The van der Waals surface area contributed by atoms with Gasteiger partial charge in [-0.2, -0.15) is 0 Å². The maximum Gasteiger partial charge on any atom is 0.321 e. The van der Waals surface area contributed by atoms with Crippen LogP contribution in [0.15, 0.2) is 53.7 Å². The van der Waals surface area contributed by atoms with Crippen LogP contribution >= 0.6 is 11.8 Å². The van der Waals surface area contributed by atoms with E-state index in [0.29, 0.717) is 28.9 Å². The Labute approximate surface area is 188 Å². The number of carbonyl (C=O) groups excluding carboxylic acids is 2. The predicted octanol–water partition coefficient (Wildman–Crippen LogP) is 3.55. The lowest BCUT2D eigenvalue weighted by Crippen LogP contribution is -2.41. The van der Waals surface area contributed by atoms with Crippen molar-refractivity contribution in [1.82, 2.24) is 25.4 Å². The Morgan fingerprint density at radius 2 is 1.91 bits per heavy atom. The molecule has 0 spiro atoms. The van der Waals surface area contributed by atoms with E-state index in [0.717, 1.165) is 24.6 Å². The van der Waals surface area contributed by atoms with Crippen LogP contribution in [0.5, 0.6) is 5.75 Å². The molecule has 0 atom stereocenters. The lowest BCUT2D eigenvalue weighted by Gasteiger charge is -2.12. The van der Waals surface area contributed by atoms with Gasteiger partial charge in [0.05, 0.1) is 18.0 Å². The number of nitrogens with zero attached hydrogens (tertiary/aromatic N) is 3.